The van der Waals surface area contributed by atoms with Gasteiger partial charge in [-0.2, -0.15) is 0 Å². The summed E-state index contributed by atoms with van der Waals surface area (Å²) in [6.07, 6.45) is 3.86. The van der Waals surface area contributed by atoms with Crippen molar-refractivity contribution in [2.75, 3.05) is 6.67 Å². The Labute approximate surface area is 57.5 Å². The van der Waals surface area contributed by atoms with Crippen LogP contribution in [0.5, 0.6) is 0 Å². The number of hydrogen-bond donors (Lipinski definition) is 0. The zero-order chi connectivity index (χ0) is 7.11. The molecule has 1 radical (unpaired) electrons. The first-order chi connectivity index (χ1) is 4.31. The Morgan fingerprint density at radius 2 is 2.11 bits per heavy atom. The fourth-order valence-corrected chi connectivity index (χ4v) is 0.918. The van der Waals surface area contributed by atoms with Crippen LogP contribution in [0.3, 0.4) is 0 Å². The van der Waals surface area contributed by atoms with Crippen molar-refractivity contribution in [3.05, 3.63) is 6.92 Å². The van der Waals surface area contributed by atoms with Crippen molar-refractivity contribution in [3.8, 4) is 0 Å². The number of alkyl halides is 1. The SMILES string of the molecule is [CH2]CCC(C)CCCF. The Morgan fingerprint density at radius 3 is 2.56 bits per heavy atom. The molecule has 55 valence electrons. The summed E-state index contributed by atoms with van der Waals surface area (Å²) < 4.78 is 11.6. The summed E-state index contributed by atoms with van der Waals surface area (Å²) in [6.45, 7) is 5.73. The van der Waals surface area contributed by atoms with Crippen LogP contribution in [0.4, 0.5) is 4.39 Å². The fraction of sp³-hybridized carbons (Fsp3) is 0.875. The molecule has 1 atom stereocenters. The van der Waals surface area contributed by atoms with E-state index >= 15 is 0 Å². The van der Waals surface area contributed by atoms with E-state index in [2.05, 4.69) is 13.8 Å². The molecule has 0 nitrogen and oxygen atoms in total. The van der Waals surface area contributed by atoms with Gasteiger partial charge in [-0.1, -0.05) is 26.7 Å². The molecule has 0 aliphatic heterocycles. The van der Waals surface area contributed by atoms with E-state index in [9.17, 15) is 4.39 Å². The monoisotopic (exact) mass is 131 g/mol. The molecule has 0 fully saturated rings. The van der Waals surface area contributed by atoms with Gasteiger partial charge in [0.2, 0.25) is 0 Å². The van der Waals surface area contributed by atoms with Gasteiger partial charge in [0.05, 0.1) is 6.67 Å². The summed E-state index contributed by atoms with van der Waals surface area (Å²) in [6, 6.07) is 0. The molecule has 0 aliphatic rings. The molecule has 0 spiro atoms. The lowest BCUT2D eigenvalue weighted by atomic mass is 10.0. The van der Waals surface area contributed by atoms with E-state index in [4.69, 9.17) is 0 Å². The predicted molar refractivity (Wildman–Crippen MR) is 39.0 cm³/mol. The van der Waals surface area contributed by atoms with Gasteiger partial charge in [-0.25, -0.2) is 0 Å². The average Bonchev–Trinajstić information content (AvgIpc) is 1.85. The molecule has 0 amide bonds. The van der Waals surface area contributed by atoms with E-state index in [1.165, 1.54) is 0 Å². The Hall–Kier alpha value is -0.0700. The number of hydrogen-bond acceptors (Lipinski definition) is 0. The highest BCUT2D eigenvalue weighted by atomic mass is 19.1. The maximum absolute atomic E-state index is 11.6. The Bertz CT molecular complexity index is 52.5. The normalized spacial score (nSPS) is 13.7. The first-order valence-electron chi connectivity index (χ1n) is 3.66. The molecule has 0 aromatic rings. The standard InChI is InChI=1S/C8H16F/c1-3-5-8(2)6-4-7-9/h8H,1,3-7H2,2H3. The van der Waals surface area contributed by atoms with Gasteiger partial charge in [0.1, 0.15) is 0 Å². The minimum absolute atomic E-state index is 0.165. The third kappa shape index (κ3) is 5.81. The van der Waals surface area contributed by atoms with Crippen molar-refractivity contribution in [1.82, 2.24) is 0 Å². The smallest absolute Gasteiger partial charge is 0.0894 e. The number of rotatable bonds is 5. The molecule has 0 N–H and O–H groups in total. The minimum atomic E-state index is -0.165. The maximum Gasteiger partial charge on any atom is 0.0894 e. The average molecular weight is 131 g/mol. The van der Waals surface area contributed by atoms with E-state index in [0.29, 0.717) is 5.92 Å². The molecule has 0 heterocycles. The second-order valence-electron chi connectivity index (χ2n) is 2.58. The Morgan fingerprint density at radius 1 is 1.44 bits per heavy atom. The van der Waals surface area contributed by atoms with Crippen molar-refractivity contribution in [1.29, 1.82) is 0 Å². The lowest BCUT2D eigenvalue weighted by Gasteiger charge is -2.06. The van der Waals surface area contributed by atoms with Crippen molar-refractivity contribution < 1.29 is 4.39 Å². The molecular weight excluding hydrogens is 115 g/mol. The van der Waals surface area contributed by atoms with E-state index in [1.807, 2.05) is 0 Å². The van der Waals surface area contributed by atoms with Gasteiger partial charge in [-0.05, 0) is 18.8 Å². The topological polar surface area (TPSA) is 0 Å². The van der Waals surface area contributed by atoms with Crippen LogP contribution in [0, 0.1) is 12.8 Å². The number of halogens is 1. The molecule has 0 rings (SSSR count). The summed E-state index contributed by atoms with van der Waals surface area (Å²) >= 11 is 0. The molecule has 0 aromatic heterocycles. The first kappa shape index (κ1) is 8.93. The van der Waals surface area contributed by atoms with Gasteiger partial charge in [0, 0.05) is 0 Å². The van der Waals surface area contributed by atoms with Crippen LogP contribution in [0.2, 0.25) is 0 Å². The van der Waals surface area contributed by atoms with Gasteiger partial charge in [0.25, 0.3) is 0 Å². The third-order valence-electron chi connectivity index (χ3n) is 1.53. The van der Waals surface area contributed by atoms with Crippen LogP contribution in [-0.2, 0) is 0 Å². The van der Waals surface area contributed by atoms with Crippen LogP contribution < -0.4 is 0 Å². The molecule has 1 heteroatoms. The van der Waals surface area contributed by atoms with Gasteiger partial charge < -0.3 is 0 Å². The zero-order valence-electron chi connectivity index (χ0n) is 6.20. The fourth-order valence-electron chi connectivity index (χ4n) is 0.918. The van der Waals surface area contributed by atoms with Gasteiger partial charge >= 0.3 is 0 Å². The van der Waals surface area contributed by atoms with Gasteiger partial charge in [0.15, 0.2) is 0 Å². The molecule has 0 aromatic carbocycles. The maximum atomic E-state index is 11.6. The second-order valence-corrected chi connectivity index (χ2v) is 2.58. The van der Waals surface area contributed by atoms with E-state index < -0.39 is 0 Å². The second kappa shape index (κ2) is 6.06. The van der Waals surface area contributed by atoms with Crippen LogP contribution in [0.1, 0.15) is 32.6 Å². The largest absolute Gasteiger partial charge is 0.251 e. The summed E-state index contributed by atoms with van der Waals surface area (Å²) in [5.74, 6) is 0.665. The van der Waals surface area contributed by atoms with Gasteiger partial charge in [-0.15, -0.1) is 0 Å². The van der Waals surface area contributed by atoms with Crippen molar-refractivity contribution in [2.24, 2.45) is 5.92 Å². The molecule has 0 bridgehead atoms. The Kier molecular flexibility index (Phi) is 6.01. The lowest BCUT2D eigenvalue weighted by Crippen LogP contribution is -1.93. The summed E-state index contributed by atoms with van der Waals surface area (Å²) in [5.41, 5.74) is 0. The molecule has 0 aliphatic carbocycles. The Balaban J connectivity index is 2.95. The zero-order valence-corrected chi connectivity index (χ0v) is 6.20. The molecular formula is C8H16F. The minimum Gasteiger partial charge on any atom is -0.251 e. The first-order valence-corrected chi connectivity index (χ1v) is 3.66. The lowest BCUT2D eigenvalue weighted by molar-refractivity contribution is 0.406. The highest BCUT2D eigenvalue weighted by molar-refractivity contribution is 4.53. The van der Waals surface area contributed by atoms with Crippen LogP contribution in [0.15, 0.2) is 0 Å². The summed E-state index contributed by atoms with van der Waals surface area (Å²) in [7, 11) is 0. The molecule has 0 saturated heterocycles. The van der Waals surface area contributed by atoms with Crippen molar-refractivity contribution >= 4 is 0 Å². The van der Waals surface area contributed by atoms with E-state index in [0.717, 1.165) is 25.7 Å². The third-order valence-corrected chi connectivity index (χ3v) is 1.53. The molecule has 1 unspecified atom stereocenters. The molecule has 0 saturated carbocycles. The predicted octanol–water partition coefficient (Wildman–Crippen LogP) is 2.99. The quantitative estimate of drug-likeness (QED) is 0.538. The van der Waals surface area contributed by atoms with Crippen LogP contribution in [-0.4, -0.2) is 6.67 Å². The van der Waals surface area contributed by atoms with Crippen LogP contribution in [0.25, 0.3) is 0 Å². The highest BCUT2D eigenvalue weighted by Crippen LogP contribution is 2.11. The van der Waals surface area contributed by atoms with Crippen LogP contribution >= 0.6 is 0 Å². The molecule has 9 heavy (non-hydrogen) atoms. The highest BCUT2D eigenvalue weighted by Gasteiger charge is 1.98. The summed E-state index contributed by atoms with van der Waals surface area (Å²) in [5, 5.41) is 0. The van der Waals surface area contributed by atoms with E-state index in [-0.39, 0.29) is 6.67 Å². The summed E-state index contributed by atoms with van der Waals surface area (Å²) in [4.78, 5) is 0. The van der Waals surface area contributed by atoms with Crippen molar-refractivity contribution in [2.45, 2.75) is 32.6 Å². The van der Waals surface area contributed by atoms with Crippen molar-refractivity contribution in [3.63, 3.8) is 0 Å². The van der Waals surface area contributed by atoms with Gasteiger partial charge in [-0.3, -0.25) is 4.39 Å². The van der Waals surface area contributed by atoms with E-state index in [1.54, 1.807) is 0 Å².